The van der Waals surface area contributed by atoms with Crippen LogP contribution in [0.15, 0.2) is 12.1 Å². The number of nitrogens with zero attached hydrogens (tertiary/aromatic N) is 1. The van der Waals surface area contributed by atoms with Crippen LogP contribution in [0, 0.1) is 17.0 Å². The Labute approximate surface area is 75.3 Å². The van der Waals surface area contributed by atoms with Crippen LogP contribution in [0.3, 0.4) is 0 Å². The standard InChI is InChI=1S/C8H9N2O3/c1-5-3-6(9)8(13-2)4-7(5)10(11)12/h3-4,9H,1-2H3. The van der Waals surface area contributed by atoms with Gasteiger partial charge in [-0.25, -0.2) is 0 Å². The van der Waals surface area contributed by atoms with Gasteiger partial charge in [-0.05, 0) is 13.0 Å². The van der Waals surface area contributed by atoms with Gasteiger partial charge in [-0.15, -0.1) is 0 Å². The lowest BCUT2D eigenvalue weighted by Gasteiger charge is -2.04. The molecule has 0 fully saturated rings. The predicted molar refractivity (Wildman–Crippen MR) is 47.1 cm³/mol. The van der Waals surface area contributed by atoms with Crippen LogP contribution in [0.4, 0.5) is 11.4 Å². The van der Waals surface area contributed by atoms with Crippen LogP contribution in [0.1, 0.15) is 5.56 Å². The number of aryl methyl sites for hydroxylation is 1. The molecule has 1 N–H and O–H groups in total. The first kappa shape index (κ1) is 9.31. The highest BCUT2D eigenvalue weighted by molar-refractivity contribution is 5.59. The summed E-state index contributed by atoms with van der Waals surface area (Å²) in [6.45, 7) is 1.59. The summed E-state index contributed by atoms with van der Waals surface area (Å²) in [7, 11) is 1.38. The molecule has 1 aromatic rings. The monoisotopic (exact) mass is 181 g/mol. The molecule has 0 aromatic heterocycles. The maximum atomic E-state index is 10.5. The van der Waals surface area contributed by atoms with E-state index in [1.807, 2.05) is 0 Å². The van der Waals surface area contributed by atoms with Crippen molar-refractivity contribution in [1.82, 2.24) is 5.73 Å². The first-order chi connectivity index (χ1) is 6.06. The second-order valence-electron chi connectivity index (χ2n) is 2.60. The van der Waals surface area contributed by atoms with E-state index < -0.39 is 4.92 Å². The van der Waals surface area contributed by atoms with Gasteiger partial charge < -0.3 is 4.74 Å². The summed E-state index contributed by atoms with van der Waals surface area (Å²) in [6, 6.07) is 2.68. The smallest absolute Gasteiger partial charge is 0.276 e. The summed E-state index contributed by atoms with van der Waals surface area (Å²) >= 11 is 0. The fourth-order valence-corrected chi connectivity index (χ4v) is 1.04. The minimum absolute atomic E-state index is 0.0205. The third-order valence-electron chi connectivity index (χ3n) is 1.71. The van der Waals surface area contributed by atoms with Gasteiger partial charge >= 0.3 is 0 Å². The molecule has 1 rings (SSSR count). The molecule has 0 aliphatic rings. The quantitative estimate of drug-likeness (QED) is 0.515. The lowest BCUT2D eigenvalue weighted by molar-refractivity contribution is -0.385. The molecular weight excluding hydrogens is 172 g/mol. The van der Waals surface area contributed by atoms with Crippen molar-refractivity contribution < 1.29 is 9.66 Å². The van der Waals surface area contributed by atoms with E-state index in [1.165, 1.54) is 19.2 Å². The minimum Gasteiger partial charge on any atom is -0.494 e. The Balaban J connectivity index is 3.30. The molecule has 0 heterocycles. The van der Waals surface area contributed by atoms with E-state index in [2.05, 4.69) is 0 Å². The van der Waals surface area contributed by atoms with E-state index in [4.69, 9.17) is 10.5 Å². The molecule has 5 nitrogen and oxygen atoms in total. The molecule has 0 spiro atoms. The topological polar surface area (TPSA) is 76.2 Å². The Morgan fingerprint density at radius 1 is 1.54 bits per heavy atom. The number of hydrogen-bond acceptors (Lipinski definition) is 3. The normalized spacial score (nSPS) is 9.69. The van der Waals surface area contributed by atoms with Crippen molar-refractivity contribution in [3.05, 3.63) is 27.8 Å². The Morgan fingerprint density at radius 3 is 2.62 bits per heavy atom. The summed E-state index contributed by atoms with van der Waals surface area (Å²) in [5.74, 6) is 0.220. The molecule has 0 aliphatic carbocycles. The number of rotatable bonds is 2. The van der Waals surface area contributed by atoms with Crippen molar-refractivity contribution >= 4 is 11.4 Å². The van der Waals surface area contributed by atoms with Crippen molar-refractivity contribution in [2.24, 2.45) is 0 Å². The summed E-state index contributed by atoms with van der Waals surface area (Å²) in [6.07, 6.45) is 0. The van der Waals surface area contributed by atoms with Crippen LogP contribution in [0.25, 0.3) is 0 Å². The molecule has 5 heteroatoms. The second kappa shape index (κ2) is 3.30. The van der Waals surface area contributed by atoms with Crippen molar-refractivity contribution in [3.8, 4) is 5.75 Å². The first-order valence-electron chi connectivity index (χ1n) is 3.61. The molecule has 0 aliphatic heterocycles. The molecule has 0 saturated carbocycles. The number of nitro benzene ring substituents is 1. The SMILES string of the molecule is COc1cc([N+](=O)[O-])c(C)cc1[NH]. The van der Waals surface area contributed by atoms with Crippen LogP contribution < -0.4 is 10.5 Å². The molecule has 13 heavy (non-hydrogen) atoms. The van der Waals surface area contributed by atoms with E-state index in [1.54, 1.807) is 6.92 Å². The highest BCUT2D eigenvalue weighted by Crippen LogP contribution is 2.30. The van der Waals surface area contributed by atoms with Gasteiger partial charge in [0.05, 0.1) is 23.8 Å². The van der Waals surface area contributed by atoms with Gasteiger partial charge in [-0.1, -0.05) is 0 Å². The van der Waals surface area contributed by atoms with Crippen molar-refractivity contribution in [3.63, 3.8) is 0 Å². The molecule has 0 bridgehead atoms. The van der Waals surface area contributed by atoms with Crippen LogP contribution in [0.2, 0.25) is 0 Å². The van der Waals surface area contributed by atoms with E-state index in [0.717, 1.165) is 0 Å². The molecule has 1 aromatic carbocycles. The summed E-state index contributed by atoms with van der Waals surface area (Å²) < 4.78 is 4.80. The Morgan fingerprint density at radius 2 is 2.15 bits per heavy atom. The molecule has 0 amide bonds. The first-order valence-corrected chi connectivity index (χ1v) is 3.61. The van der Waals surface area contributed by atoms with Gasteiger partial charge in [0.1, 0.15) is 0 Å². The average molecular weight is 181 g/mol. The summed E-state index contributed by atoms with van der Waals surface area (Å²) in [5.41, 5.74) is 8.01. The zero-order valence-corrected chi connectivity index (χ0v) is 7.33. The Bertz CT molecular complexity index is 349. The molecule has 0 atom stereocenters. The van der Waals surface area contributed by atoms with Gasteiger partial charge in [-0.3, -0.25) is 15.8 Å². The third-order valence-corrected chi connectivity index (χ3v) is 1.71. The molecule has 69 valence electrons. The third kappa shape index (κ3) is 1.69. The van der Waals surface area contributed by atoms with E-state index in [0.29, 0.717) is 5.56 Å². The molecule has 0 saturated heterocycles. The number of ether oxygens (including phenoxy) is 1. The highest BCUT2D eigenvalue weighted by atomic mass is 16.6. The highest BCUT2D eigenvalue weighted by Gasteiger charge is 2.14. The van der Waals surface area contributed by atoms with Crippen molar-refractivity contribution in [2.75, 3.05) is 7.11 Å². The maximum absolute atomic E-state index is 10.5. The largest absolute Gasteiger partial charge is 0.494 e. The zero-order chi connectivity index (χ0) is 10.0. The second-order valence-corrected chi connectivity index (χ2v) is 2.60. The zero-order valence-electron chi connectivity index (χ0n) is 7.33. The summed E-state index contributed by atoms with van der Waals surface area (Å²) in [4.78, 5) is 10.0. The average Bonchev–Trinajstić information content (AvgIpc) is 2.03. The van der Waals surface area contributed by atoms with Gasteiger partial charge in [0.2, 0.25) is 0 Å². The lowest BCUT2D eigenvalue weighted by Crippen LogP contribution is -1.94. The van der Waals surface area contributed by atoms with E-state index >= 15 is 0 Å². The van der Waals surface area contributed by atoms with E-state index in [-0.39, 0.29) is 17.1 Å². The predicted octanol–water partition coefficient (Wildman–Crippen LogP) is 1.83. The maximum Gasteiger partial charge on any atom is 0.276 e. The lowest BCUT2D eigenvalue weighted by atomic mass is 10.1. The Hall–Kier alpha value is -1.78. The van der Waals surface area contributed by atoms with Crippen LogP contribution in [-0.4, -0.2) is 12.0 Å². The number of nitro groups is 1. The molecule has 0 unspecified atom stereocenters. The fourth-order valence-electron chi connectivity index (χ4n) is 1.04. The van der Waals surface area contributed by atoms with Gasteiger partial charge in [0.15, 0.2) is 5.75 Å². The Kier molecular flexibility index (Phi) is 2.36. The fraction of sp³-hybridized carbons (Fsp3) is 0.250. The van der Waals surface area contributed by atoms with Crippen LogP contribution >= 0.6 is 0 Å². The van der Waals surface area contributed by atoms with Gasteiger partial charge in [0.25, 0.3) is 5.69 Å². The van der Waals surface area contributed by atoms with Gasteiger partial charge in [-0.2, -0.15) is 0 Å². The van der Waals surface area contributed by atoms with Crippen molar-refractivity contribution in [2.45, 2.75) is 6.92 Å². The minimum atomic E-state index is -0.489. The number of benzene rings is 1. The van der Waals surface area contributed by atoms with Crippen LogP contribution in [-0.2, 0) is 0 Å². The molecular formula is C8H9N2O3. The molecule has 1 radical (unpaired) electrons. The number of nitrogens with one attached hydrogen (secondary N) is 1. The van der Waals surface area contributed by atoms with Gasteiger partial charge in [0, 0.05) is 5.56 Å². The van der Waals surface area contributed by atoms with E-state index in [9.17, 15) is 10.1 Å². The van der Waals surface area contributed by atoms with Crippen LogP contribution in [0.5, 0.6) is 5.75 Å². The number of methoxy groups -OCH3 is 1. The number of hydrogen-bond donors (Lipinski definition) is 0. The summed E-state index contributed by atoms with van der Waals surface area (Å²) in [5, 5.41) is 10.5. The van der Waals surface area contributed by atoms with Crippen molar-refractivity contribution in [1.29, 1.82) is 0 Å².